The first-order valence-corrected chi connectivity index (χ1v) is 7.51. The number of nitrogens with zero attached hydrogens (tertiary/aromatic N) is 2. The molecular weight excluding hydrogens is 341 g/mol. The van der Waals surface area contributed by atoms with Crippen molar-refractivity contribution < 1.29 is 8.78 Å². The second-order valence-electron chi connectivity index (χ2n) is 4.94. The van der Waals surface area contributed by atoms with Gasteiger partial charge in [-0.05, 0) is 35.9 Å². The molecule has 0 N–H and O–H groups in total. The first kappa shape index (κ1) is 15.8. The van der Waals surface area contributed by atoms with E-state index in [2.05, 4.69) is 10.2 Å². The smallest absolute Gasteiger partial charge is 0.159 e. The molecule has 2 aromatic carbocycles. The van der Waals surface area contributed by atoms with Gasteiger partial charge in [0.1, 0.15) is 11.6 Å². The fourth-order valence-electron chi connectivity index (χ4n) is 2.25. The van der Waals surface area contributed by atoms with Crippen molar-refractivity contribution in [2.45, 2.75) is 6.42 Å². The van der Waals surface area contributed by atoms with E-state index in [0.717, 1.165) is 5.56 Å². The highest BCUT2D eigenvalue weighted by atomic mass is 35.5. The molecule has 2 nitrogen and oxygen atoms in total. The molecule has 0 aliphatic heterocycles. The average molecular weight is 351 g/mol. The number of aromatic nitrogens is 2. The van der Waals surface area contributed by atoms with Gasteiger partial charge in [0.2, 0.25) is 0 Å². The van der Waals surface area contributed by atoms with E-state index in [-0.39, 0.29) is 16.3 Å². The molecule has 6 heteroatoms. The van der Waals surface area contributed by atoms with Crippen LogP contribution in [-0.2, 0) is 6.42 Å². The molecule has 3 rings (SSSR count). The number of hydrogen-bond donors (Lipinski definition) is 0. The highest BCUT2D eigenvalue weighted by Gasteiger charge is 2.16. The van der Waals surface area contributed by atoms with Crippen molar-refractivity contribution in [2.75, 3.05) is 0 Å². The van der Waals surface area contributed by atoms with Crippen molar-refractivity contribution in [3.63, 3.8) is 0 Å². The lowest BCUT2D eigenvalue weighted by atomic mass is 10.0. The lowest BCUT2D eigenvalue weighted by molar-refractivity contribution is 0.589. The van der Waals surface area contributed by atoms with Crippen LogP contribution in [0.4, 0.5) is 8.78 Å². The van der Waals surface area contributed by atoms with E-state index in [1.165, 1.54) is 18.2 Å². The lowest BCUT2D eigenvalue weighted by Gasteiger charge is -2.08. The molecule has 1 heterocycles. The van der Waals surface area contributed by atoms with Gasteiger partial charge in [-0.2, -0.15) is 5.10 Å². The van der Waals surface area contributed by atoms with Gasteiger partial charge in [-0.1, -0.05) is 41.4 Å². The highest BCUT2D eigenvalue weighted by molar-refractivity contribution is 6.32. The zero-order valence-electron chi connectivity index (χ0n) is 11.7. The zero-order chi connectivity index (χ0) is 16.4. The summed E-state index contributed by atoms with van der Waals surface area (Å²) < 4.78 is 27.9. The second-order valence-corrected chi connectivity index (χ2v) is 5.73. The maximum atomic E-state index is 14.0. The quantitative estimate of drug-likeness (QED) is 0.638. The molecule has 0 aliphatic rings. The summed E-state index contributed by atoms with van der Waals surface area (Å²) in [6, 6.07) is 12.4. The normalized spacial score (nSPS) is 10.8. The van der Waals surface area contributed by atoms with Gasteiger partial charge in [0.15, 0.2) is 5.15 Å². The monoisotopic (exact) mass is 350 g/mol. The molecule has 0 fully saturated rings. The molecule has 3 aromatic rings. The maximum absolute atomic E-state index is 14.0. The molecule has 0 amide bonds. The Kier molecular flexibility index (Phi) is 4.55. The minimum Gasteiger partial charge on any atom is -0.206 e. The third-order valence-electron chi connectivity index (χ3n) is 3.33. The van der Waals surface area contributed by atoms with Crippen LogP contribution in [0.15, 0.2) is 48.5 Å². The van der Waals surface area contributed by atoms with Crippen molar-refractivity contribution in [1.29, 1.82) is 0 Å². The SMILES string of the molecule is Fc1cccc(F)c1-c1cc(Cc2ccc(Cl)cc2)nnc1Cl. The highest BCUT2D eigenvalue weighted by Crippen LogP contribution is 2.31. The van der Waals surface area contributed by atoms with Crippen LogP contribution in [0.1, 0.15) is 11.3 Å². The van der Waals surface area contributed by atoms with Crippen LogP contribution < -0.4 is 0 Å². The Hall–Kier alpha value is -2.04. The third-order valence-corrected chi connectivity index (χ3v) is 3.86. The molecule has 0 spiro atoms. The molecule has 0 unspecified atom stereocenters. The van der Waals surface area contributed by atoms with E-state index in [1.807, 2.05) is 12.1 Å². The van der Waals surface area contributed by atoms with Crippen LogP contribution >= 0.6 is 23.2 Å². The predicted octanol–water partition coefficient (Wildman–Crippen LogP) is 5.32. The van der Waals surface area contributed by atoms with Crippen molar-refractivity contribution >= 4 is 23.2 Å². The molecule has 23 heavy (non-hydrogen) atoms. The summed E-state index contributed by atoms with van der Waals surface area (Å²) in [5, 5.41) is 8.37. The van der Waals surface area contributed by atoms with Gasteiger partial charge in [-0.15, -0.1) is 5.10 Å². The molecule has 0 radical (unpaired) electrons. The summed E-state index contributed by atoms with van der Waals surface area (Å²) in [5.41, 5.74) is 1.48. The Morgan fingerprint density at radius 2 is 1.52 bits per heavy atom. The average Bonchev–Trinajstić information content (AvgIpc) is 2.52. The standard InChI is InChI=1S/C17H10Cl2F2N2/c18-11-6-4-10(5-7-11)8-12-9-13(17(19)23-22-12)16-14(20)2-1-3-15(16)21/h1-7,9H,8H2. The first-order valence-electron chi connectivity index (χ1n) is 6.75. The third kappa shape index (κ3) is 3.49. The molecule has 0 atom stereocenters. The van der Waals surface area contributed by atoms with Crippen LogP contribution in [0.25, 0.3) is 11.1 Å². The Bertz CT molecular complexity index is 831. The van der Waals surface area contributed by atoms with Crippen LogP contribution in [0.2, 0.25) is 10.2 Å². The van der Waals surface area contributed by atoms with Gasteiger partial charge in [-0.3, -0.25) is 0 Å². The van der Waals surface area contributed by atoms with E-state index >= 15 is 0 Å². The van der Waals surface area contributed by atoms with Gasteiger partial charge >= 0.3 is 0 Å². The largest absolute Gasteiger partial charge is 0.206 e. The van der Waals surface area contributed by atoms with E-state index in [1.54, 1.807) is 18.2 Å². The van der Waals surface area contributed by atoms with E-state index in [4.69, 9.17) is 23.2 Å². The van der Waals surface area contributed by atoms with Crippen LogP contribution in [0, 0.1) is 11.6 Å². The van der Waals surface area contributed by atoms with E-state index < -0.39 is 11.6 Å². The fourth-order valence-corrected chi connectivity index (χ4v) is 2.56. The van der Waals surface area contributed by atoms with Gasteiger partial charge in [0.05, 0.1) is 11.3 Å². The molecule has 0 aliphatic carbocycles. The van der Waals surface area contributed by atoms with Crippen molar-refractivity contribution in [3.8, 4) is 11.1 Å². The van der Waals surface area contributed by atoms with Crippen molar-refractivity contribution in [3.05, 3.63) is 81.6 Å². The van der Waals surface area contributed by atoms with Gasteiger partial charge < -0.3 is 0 Å². The van der Waals surface area contributed by atoms with Crippen molar-refractivity contribution in [2.24, 2.45) is 0 Å². The summed E-state index contributed by atoms with van der Waals surface area (Å²) in [4.78, 5) is 0. The minimum absolute atomic E-state index is 0.0474. The summed E-state index contributed by atoms with van der Waals surface area (Å²) in [6.07, 6.45) is 0.449. The Morgan fingerprint density at radius 1 is 0.870 bits per heavy atom. The Labute approximate surface area is 141 Å². The van der Waals surface area contributed by atoms with Crippen LogP contribution in [0.5, 0.6) is 0 Å². The molecule has 0 bridgehead atoms. The summed E-state index contributed by atoms with van der Waals surface area (Å²) >= 11 is 11.8. The molecule has 1 aromatic heterocycles. The van der Waals surface area contributed by atoms with Gasteiger partial charge in [0.25, 0.3) is 0 Å². The van der Waals surface area contributed by atoms with Gasteiger partial charge in [0, 0.05) is 17.0 Å². The van der Waals surface area contributed by atoms with E-state index in [9.17, 15) is 8.78 Å². The van der Waals surface area contributed by atoms with Crippen molar-refractivity contribution in [1.82, 2.24) is 10.2 Å². The fraction of sp³-hybridized carbons (Fsp3) is 0.0588. The summed E-state index contributed by atoms with van der Waals surface area (Å²) in [7, 11) is 0. The zero-order valence-corrected chi connectivity index (χ0v) is 13.2. The molecule has 0 saturated heterocycles. The molecule has 116 valence electrons. The Morgan fingerprint density at radius 3 is 2.17 bits per heavy atom. The topological polar surface area (TPSA) is 25.8 Å². The van der Waals surface area contributed by atoms with Crippen LogP contribution in [-0.4, -0.2) is 10.2 Å². The van der Waals surface area contributed by atoms with Gasteiger partial charge in [-0.25, -0.2) is 8.78 Å². The predicted molar refractivity (Wildman–Crippen MR) is 86.7 cm³/mol. The molecule has 0 saturated carbocycles. The summed E-state index contributed by atoms with van der Waals surface area (Å²) in [5.74, 6) is -1.39. The number of benzene rings is 2. The first-order chi connectivity index (χ1) is 11.0. The Balaban J connectivity index is 2.01. The summed E-state index contributed by atoms with van der Waals surface area (Å²) in [6.45, 7) is 0. The lowest BCUT2D eigenvalue weighted by Crippen LogP contribution is -1.99. The number of hydrogen-bond acceptors (Lipinski definition) is 2. The second kappa shape index (κ2) is 6.60. The van der Waals surface area contributed by atoms with Crippen LogP contribution in [0.3, 0.4) is 0 Å². The number of halogens is 4. The molecular formula is C17H10Cl2F2N2. The number of rotatable bonds is 3. The maximum Gasteiger partial charge on any atom is 0.159 e. The van der Waals surface area contributed by atoms with E-state index in [0.29, 0.717) is 17.1 Å². The minimum atomic E-state index is -0.697.